The number of ketones is 1. The lowest BCUT2D eigenvalue weighted by Gasteiger charge is -2.08. The predicted molar refractivity (Wildman–Crippen MR) is 65.1 cm³/mol. The molecule has 0 aromatic heterocycles. The molecule has 0 amide bonds. The quantitative estimate of drug-likeness (QED) is 0.372. The van der Waals surface area contributed by atoms with Gasteiger partial charge in [0.2, 0.25) is 0 Å². The summed E-state index contributed by atoms with van der Waals surface area (Å²) in [4.78, 5) is 22.1. The zero-order valence-electron chi connectivity index (χ0n) is 8.57. The first-order valence-corrected chi connectivity index (χ1v) is 5.96. The van der Waals surface area contributed by atoms with Crippen molar-refractivity contribution in [3.8, 4) is 0 Å². The summed E-state index contributed by atoms with van der Waals surface area (Å²) in [6.45, 7) is 1.92. The van der Waals surface area contributed by atoms with Gasteiger partial charge in [0, 0.05) is 10.6 Å². The first-order chi connectivity index (χ1) is 7.56. The van der Waals surface area contributed by atoms with Gasteiger partial charge in [-0.2, -0.15) is 0 Å². The molecule has 0 aliphatic rings. The van der Waals surface area contributed by atoms with Crippen LogP contribution in [0.5, 0.6) is 0 Å². The summed E-state index contributed by atoms with van der Waals surface area (Å²) in [5.74, 6) is -0.951. The van der Waals surface area contributed by atoms with Crippen LogP contribution in [0, 0.1) is 0 Å². The number of ether oxygens (including phenoxy) is 1. The highest BCUT2D eigenvalue weighted by molar-refractivity contribution is 9.10. The summed E-state index contributed by atoms with van der Waals surface area (Å²) < 4.78 is 4.74. The van der Waals surface area contributed by atoms with Gasteiger partial charge in [-0.1, -0.05) is 39.7 Å². The average Bonchev–Trinajstić information content (AvgIpc) is 2.27. The van der Waals surface area contributed by atoms with E-state index < -0.39 is 10.8 Å². The number of Topliss-reactive ketones (excluding diaryl/α,β-unsaturated/α-hetero) is 1. The molecule has 1 unspecified atom stereocenters. The van der Waals surface area contributed by atoms with Gasteiger partial charge < -0.3 is 4.74 Å². The predicted octanol–water partition coefficient (Wildman–Crippen LogP) is 2.85. The van der Waals surface area contributed by atoms with E-state index in [-0.39, 0.29) is 12.4 Å². The molecule has 1 aromatic carbocycles. The van der Waals surface area contributed by atoms with Gasteiger partial charge in [0.1, 0.15) is 0 Å². The summed E-state index contributed by atoms with van der Waals surface area (Å²) in [5, 5.41) is 0.453. The number of esters is 1. The van der Waals surface area contributed by atoms with Crippen molar-refractivity contribution in [2.45, 2.75) is 11.8 Å². The van der Waals surface area contributed by atoms with E-state index in [1.165, 1.54) is 6.07 Å². The summed E-state index contributed by atoms with van der Waals surface area (Å²) in [6, 6.07) is 6.42. The number of benzene rings is 1. The van der Waals surface area contributed by atoms with Crippen LogP contribution in [-0.4, -0.2) is 23.2 Å². The fourth-order valence-corrected chi connectivity index (χ4v) is 1.70. The smallest absolute Gasteiger partial charge is 0.327 e. The number of carbonyl (C=O) groups is 2. The van der Waals surface area contributed by atoms with Gasteiger partial charge in [-0.3, -0.25) is 9.59 Å². The van der Waals surface area contributed by atoms with Gasteiger partial charge in [0.15, 0.2) is 10.6 Å². The minimum atomic E-state index is -0.981. The Morgan fingerprint density at radius 2 is 2.19 bits per heavy atom. The Morgan fingerprint density at radius 1 is 1.50 bits per heavy atom. The third-order valence-corrected chi connectivity index (χ3v) is 2.86. The van der Waals surface area contributed by atoms with Gasteiger partial charge in [0.05, 0.1) is 6.61 Å². The summed E-state index contributed by atoms with van der Waals surface area (Å²) in [7, 11) is 0. The highest BCUT2D eigenvalue weighted by Gasteiger charge is 2.25. The second-order valence-corrected chi connectivity index (χ2v) is 4.34. The zero-order valence-corrected chi connectivity index (χ0v) is 10.9. The number of halogens is 2. The molecule has 0 aliphatic heterocycles. The zero-order chi connectivity index (χ0) is 12.1. The number of hydrogen-bond donors (Lipinski definition) is 0. The fraction of sp³-hybridized carbons (Fsp3) is 0.273. The summed E-state index contributed by atoms with van der Waals surface area (Å²) >= 11 is 8.75. The van der Waals surface area contributed by atoms with Crippen molar-refractivity contribution in [2.24, 2.45) is 0 Å². The lowest BCUT2D eigenvalue weighted by atomic mass is 10.1. The Hall–Kier alpha value is -0.870. The highest BCUT2D eigenvalue weighted by atomic mass is 79.9. The standard InChI is InChI=1S/C11H10BrClO3/c1-2-16-11(15)9(12)10(14)7-4-3-5-8(13)6-7/h3-6,9H,2H2,1H3. The maximum absolute atomic E-state index is 11.8. The molecule has 0 N–H and O–H groups in total. The molecule has 3 nitrogen and oxygen atoms in total. The Balaban J connectivity index is 2.82. The Bertz CT molecular complexity index is 406. The lowest BCUT2D eigenvalue weighted by molar-refractivity contribution is -0.141. The molecule has 86 valence electrons. The minimum absolute atomic E-state index is 0.240. The minimum Gasteiger partial charge on any atom is -0.465 e. The van der Waals surface area contributed by atoms with Gasteiger partial charge in [-0.15, -0.1) is 0 Å². The lowest BCUT2D eigenvalue weighted by Crippen LogP contribution is -2.26. The molecule has 0 saturated carbocycles. The number of carbonyl (C=O) groups excluding carboxylic acids is 2. The Labute approximate surface area is 107 Å². The van der Waals surface area contributed by atoms with E-state index in [1.807, 2.05) is 0 Å². The van der Waals surface area contributed by atoms with Crippen LogP contribution < -0.4 is 0 Å². The maximum atomic E-state index is 11.8. The van der Waals surface area contributed by atoms with Crippen molar-refractivity contribution in [3.63, 3.8) is 0 Å². The van der Waals surface area contributed by atoms with Crippen molar-refractivity contribution in [2.75, 3.05) is 6.61 Å². The van der Waals surface area contributed by atoms with Gasteiger partial charge in [-0.25, -0.2) is 0 Å². The number of alkyl halides is 1. The van der Waals surface area contributed by atoms with Crippen LogP contribution in [-0.2, 0) is 9.53 Å². The topological polar surface area (TPSA) is 43.4 Å². The monoisotopic (exact) mass is 304 g/mol. The molecule has 0 bridgehead atoms. The second-order valence-electron chi connectivity index (χ2n) is 2.99. The normalized spacial score (nSPS) is 11.9. The molecule has 1 atom stereocenters. The van der Waals surface area contributed by atoms with E-state index in [0.29, 0.717) is 10.6 Å². The molecular formula is C11H10BrClO3. The van der Waals surface area contributed by atoms with E-state index in [0.717, 1.165) is 0 Å². The molecular weight excluding hydrogens is 295 g/mol. The summed E-state index contributed by atoms with van der Waals surface area (Å²) in [5.41, 5.74) is 0.377. The number of hydrogen-bond acceptors (Lipinski definition) is 3. The molecule has 0 saturated heterocycles. The molecule has 0 heterocycles. The van der Waals surface area contributed by atoms with E-state index in [9.17, 15) is 9.59 Å². The van der Waals surface area contributed by atoms with Crippen molar-refractivity contribution in [3.05, 3.63) is 34.9 Å². The van der Waals surface area contributed by atoms with Gasteiger partial charge in [0.25, 0.3) is 0 Å². The first kappa shape index (κ1) is 13.2. The van der Waals surface area contributed by atoms with Crippen LogP contribution in [0.25, 0.3) is 0 Å². The molecule has 1 rings (SSSR count). The van der Waals surface area contributed by atoms with Crippen molar-refractivity contribution < 1.29 is 14.3 Å². The fourth-order valence-electron chi connectivity index (χ4n) is 1.11. The molecule has 0 aliphatic carbocycles. The summed E-state index contributed by atoms with van der Waals surface area (Å²) in [6.07, 6.45) is 0. The molecule has 0 spiro atoms. The average molecular weight is 306 g/mol. The molecule has 5 heteroatoms. The van der Waals surface area contributed by atoms with Crippen LogP contribution in [0.1, 0.15) is 17.3 Å². The van der Waals surface area contributed by atoms with Gasteiger partial charge in [-0.05, 0) is 19.1 Å². The van der Waals surface area contributed by atoms with E-state index in [2.05, 4.69) is 15.9 Å². The van der Waals surface area contributed by atoms with E-state index in [1.54, 1.807) is 25.1 Å². The highest BCUT2D eigenvalue weighted by Crippen LogP contribution is 2.16. The molecule has 0 radical (unpaired) electrons. The Kier molecular flexibility index (Phi) is 4.96. The van der Waals surface area contributed by atoms with E-state index >= 15 is 0 Å². The van der Waals surface area contributed by atoms with Crippen LogP contribution in [0.15, 0.2) is 24.3 Å². The van der Waals surface area contributed by atoms with Crippen LogP contribution in [0.2, 0.25) is 5.02 Å². The third kappa shape index (κ3) is 3.32. The maximum Gasteiger partial charge on any atom is 0.327 e. The van der Waals surface area contributed by atoms with Crippen LogP contribution in [0.3, 0.4) is 0 Å². The van der Waals surface area contributed by atoms with Gasteiger partial charge >= 0.3 is 5.97 Å². The SMILES string of the molecule is CCOC(=O)C(Br)C(=O)c1cccc(Cl)c1. The van der Waals surface area contributed by atoms with Crippen molar-refractivity contribution >= 4 is 39.3 Å². The first-order valence-electron chi connectivity index (χ1n) is 4.66. The Morgan fingerprint density at radius 3 is 2.75 bits per heavy atom. The molecule has 0 fully saturated rings. The molecule has 1 aromatic rings. The second kappa shape index (κ2) is 6.01. The van der Waals surface area contributed by atoms with Crippen molar-refractivity contribution in [1.29, 1.82) is 0 Å². The third-order valence-electron chi connectivity index (χ3n) is 1.83. The van der Waals surface area contributed by atoms with Crippen LogP contribution >= 0.6 is 27.5 Å². The van der Waals surface area contributed by atoms with Crippen LogP contribution in [0.4, 0.5) is 0 Å². The molecule has 16 heavy (non-hydrogen) atoms. The number of rotatable bonds is 4. The van der Waals surface area contributed by atoms with Crippen molar-refractivity contribution in [1.82, 2.24) is 0 Å². The van der Waals surface area contributed by atoms with E-state index in [4.69, 9.17) is 16.3 Å². The largest absolute Gasteiger partial charge is 0.465 e.